The van der Waals surface area contributed by atoms with Crippen molar-refractivity contribution in [1.29, 1.82) is 0 Å². The lowest BCUT2D eigenvalue weighted by Crippen LogP contribution is -2.28. The Morgan fingerprint density at radius 1 is 1.55 bits per heavy atom. The summed E-state index contributed by atoms with van der Waals surface area (Å²) < 4.78 is 0. The third kappa shape index (κ3) is 4.25. The molecule has 1 N–H and O–H groups in total. The highest BCUT2D eigenvalue weighted by atomic mass is 35.5. The van der Waals surface area contributed by atoms with Crippen molar-refractivity contribution in [3.63, 3.8) is 0 Å². The van der Waals surface area contributed by atoms with Crippen LogP contribution in [0.1, 0.15) is 39.5 Å². The van der Waals surface area contributed by atoms with Gasteiger partial charge in [-0.25, -0.2) is 0 Å². The Balaban J connectivity index is 3.64. The number of carboxylic acids is 1. The molecule has 0 radical (unpaired) electrons. The van der Waals surface area contributed by atoms with Gasteiger partial charge in [0, 0.05) is 0 Å². The summed E-state index contributed by atoms with van der Waals surface area (Å²) in [5.74, 6) is -0.921. The van der Waals surface area contributed by atoms with E-state index in [0.29, 0.717) is 6.42 Å². The van der Waals surface area contributed by atoms with Crippen molar-refractivity contribution in [2.24, 2.45) is 0 Å². The van der Waals surface area contributed by atoms with Crippen LogP contribution in [0.4, 0.5) is 0 Å². The van der Waals surface area contributed by atoms with Gasteiger partial charge in [0.1, 0.15) is 4.87 Å². The van der Waals surface area contributed by atoms with Gasteiger partial charge in [0.25, 0.3) is 0 Å². The molecule has 0 aromatic rings. The fourth-order valence-electron chi connectivity index (χ4n) is 0.814. The fraction of sp³-hybridized carbons (Fsp3) is 0.875. The van der Waals surface area contributed by atoms with E-state index in [9.17, 15) is 4.79 Å². The summed E-state index contributed by atoms with van der Waals surface area (Å²) in [5.41, 5.74) is 0. The van der Waals surface area contributed by atoms with E-state index in [1.165, 1.54) is 0 Å². The van der Waals surface area contributed by atoms with Crippen molar-refractivity contribution in [2.75, 3.05) is 0 Å². The largest absolute Gasteiger partial charge is 0.480 e. The lowest BCUT2D eigenvalue weighted by molar-refractivity contribution is -0.139. The van der Waals surface area contributed by atoms with E-state index in [2.05, 4.69) is 6.92 Å². The van der Waals surface area contributed by atoms with Gasteiger partial charge >= 0.3 is 5.97 Å². The van der Waals surface area contributed by atoms with Crippen LogP contribution in [0.5, 0.6) is 0 Å². The van der Waals surface area contributed by atoms with Crippen LogP contribution in [-0.2, 0) is 4.79 Å². The molecule has 0 amide bonds. The van der Waals surface area contributed by atoms with Crippen LogP contribution >= 0.6 is 11.6 Å². The SMILES string of the molecule is CCCCCC(C)(Cl)C(=O)O. The number of carboxylic acid groups (broad SMARTS) is 1. The Hall–Kier alpha value is -0.240. The molecule has 0 saturated heterocycles. The van der Waals surface area contributed by atoms with Gasteiger partial charge in [0.15, 0.2) is 0 Å². The van der Waals surface area contributed by atoms with Crippen molar-refractivity contribution in [3.8, 4) is 0 Å². The molecule has 0 aliphatic heterocycles. The zero-order valence-electron chi connectivity index (χ0n) is 7.06. The van der Waals surface area contributed by atoms with E-state index in [1.807, 2.05) is 0 Å². The second-order valence-electron chi connectivity index (χ2n) is 2.96. The van der Waals surface area contributed by atoms with E-state index in [0.717, 1.165) is 19.3 Å². The number of unbranched alkanes of at least 4 members (excludes halogenated alkanes) is 2. The van der Waals surface area contributed by atoms with Crippen LogP contribution in [0.25, 0.3) is 0 Å². The number of hydrogen-bond donors (Lipinski definition) is 1. The zero-order valence-corrected chi connectivity index (χ0v) is 7.82. The number of aliphatic carboxylic acids is 1. The molecule has 0 bridgehead atoms. The minimum absolute atomic E-state index is 0.553. The van der Waals surface area contributed by atoms with Gasteiger partial charge < -0.3 is 5.11 Å². The first-order valence-corrected chi connectivity index (χ1v) is 4.31. The summed E-state index contributed by atoms with van der Waals surface area (Å²) in [6.45, 7) is 3.62. The predicted molar refractivity (Wildman–Crippen MR) is 46.0 cm³/mol. The smallest absolute Gasteiger partial charge is 0.324 e. The minimum Gasteiger partial charge on any atom is -0.480 e. The van der Waals surface area contributed by atoms with E-state index in [1.54, 1.807) is 6.92 Å². The molecular formula is C8H15ClO2. The number of hydrogen-bond acceptors (Lipinski definition) is 1. The maximum absolute atomic E-state index is 10.5. The van der Waals surface area contributed by atoms with Crippen molar-refractivity contribution >= 4 is 17.6 Å². The molecule has 1 unspecified atom stereocenters. The van der Waals surface area contributed by atoms with E-state index >= 15 is 0 Å². The molecule has 0 aliphatic carbocycles. The summed E-state index contributed by atoms with van der Waals surface area (Å²) in [5, 5.41) is 8.61. The van der Waals surface area contributed by atoms with Crippen molar-refractivity contribution in [1.82, 2.24) is 0 Å². The normalized spacial score (nSPS) is 15.9. The summed E-state index contributed by atoms with van der Waals surface area (Å²) in [6, 6.07) is 0. The zero-order chi connectivity index (χ0) is 8.91. The van der Waals surface area contributed by atoms with Crippen LogP contribution in [0.2, 0.25) is 0 Å². The topological polar surface area (TPSA) is 37.3 Å². The van der Waals surface area contributed by atoms with Crippen LogP contribution in [0.3, 0.4) is 0 Å². The molecule has 0 aliphatic rings. The van der Waals surface area contributed by atoms with Gasteiger partial charge in [-0.15, -0.1) is 11.6 Å². The average molecular weight is 179 g/mol. The molecule has 0 aromatic heterocycles. The molecule has 0 saturated carbocycles. The Bertz CT molecular complexity index is 132. The highest BCUT2D eigenvalue weighted by molar-refractivity contribution is 6.33. The van der Waals surface area contributed by atoms with Gasteiger partial charge in [-0.2, -0.15) is 0 Å². The number of carbonyl (C=O) groups is 1. The molecule has 0 fully saturated rings. The molecule has 11 heavy (non-hydrogen) atoms. The second-order valence-corrected chi connectivity index (χ2v) is 3.79. The molecule has 1 atom stereocenters. The first kappa shape index (κ1) is 10.8. The van der Waals surface area contributed by atoms with Crippen LogP contribution < -0.4 is 0 Å². The first-order chi connectivity index (χ1) is 5.00. The Morgan fingerprint density at radius 2 is 2.09 bits per heavy atom. The molecular weight excluding hydrogens is 164 g/mol. The third-order valence-corrected chi connectivity index (χ3v) is 2.05. The number of alkyl halides is 1. The second kappa shape index (κ2) is 4.60. The maximum Gasteiger partial charge on any atom is 0.324 e. The lowest BCUT2D eigenvalue weighted by atomic mass is 10.0. The molecule has 66 valence electrons. The summed E-state index contributed by atoms with van der Waals surface area (Å²) in [4.78, 5) is 9.42. The average Bonchev–Trinajstić information content (AvgIpc) is 1.88. The van der Waals surface area contributed by atoms with Gasteiger partial charge in [0.05, 0.1) is 0 Å². The third-order valence-electron chi connectivity index (χ3n) is 1.70. The molecule has 2 nitrogen and oxygen atoms in total. The van der Waals surface area contributed by atoms with E-state index in [4.69, 9.17) is 16.7 Å². The van der Waals surface area contributed by atoms with E-state index in [-0.39, 0.29) is 0 Å². The Morgan fingerprint density at radius 3 is 2.45 bits per heavy atom. The molecule has 0 aromatic carbocycles. The van der Waals surface area contributed by atoms with Gasteiger partial charge in [0.2, 0.25) is 0 Å². The summed E-state index contributed by atoms with van der Waals surface area (Å²) >= 11 is 5.71. The summed E-state index contributed by atoms with van der Waals surface area (Å²) in [6.07, 6.45) is 3.59. The van der Waals surface area contributed by atoms with Crippen molar-refractivity contribution in [2.45, 2.75) is 44.4 Å². The minimum atomic E-state index is -1.06. The molecule has 3 heteroatoms. The lowest BCUT2D eigenvalue weighted by Gasteiger charge is -2.15. The molecule has 0 rings (SSSR count). The monoisotopic (exact) mass is 178 g/mol. The van der Waals surface area contributed by atoms with E-state index < -0.39 is 10.8 Å². The van der Waals surface area contributed by atoms with Crippen molar-refractivity contribution < 1.29 is 9.90 Å². The number of rotatable bonds is 5. The van der Waals surface area contributed by atoms with Crippen molar-refractivity contribution in [3.05, 3.63) is 0 Å². The fourth-order valence-corrected chi connectivity index (χ4v) is 0.948. The van der Waals surface area contributed by atoms with Gasteiger partial charge in [-0.3, -0.25) is 4.79 Å². The number of halogens is 1. The standard InChI is InChI=1S/C8H15ClO2/c1-3-4-5-6-8(2,9)7(10)11/h3-6H2,1-2H3,(H,10,11). The first-order valence-electron chi connectivity index (χ1n) is 3.93. The van der Waals surface area contributed by atoms with Crippen LogP contribution in [0, 0.1) is 0 Å². The van der Waals surface area contributed by atoms with Crippen LogP contribution in [0.15, 0.2) is 0 Å². The maximum atomic E-state index is 10.5. The molecule has 0 spiro atoms. The van der Waals surface area contributed by atoms with Crippen LogP contribution in [-0.4, -0.2) is 16.0 Å². The Kier molecular flexibility index (Phi) is 4.50. The highest BCUT2D eigenvalue weighted by Gasteiger charge is 2.28. The van der Waals surface area contributed by atoms with Gasteiger partial charge in [-0.1, -0.05) is 26.2 Å². The molecule has 0 heterocycles. The predicted octanol–water partition coefficient (Wildman–Crippen LogP) is 2.65. The summed E-state index contributed by atoms with van der Waals surface area (Å²) in [7, 11) is 0. The van der Waals surface area contributed by atoms with Gasteiger partial charge in [-0.05, 0) is 13.3 Å². The highest BCUT2D eigenvalue weighted by Crippen LogP contribution is 2.22. The quantitative estimate of drug-likeness (QED) is 0.519. The Labute approximate surface area is 72.6 Å².